The van der Waals surface area contributed by atoms with Gasteiger partial charge in [0.15, 0.2) is 47.4 Å². The molecule has 0 amide bonds. The zero-order valence-corrected chi connectivity index (χ0v) is 42.6. The Kier molecular flexibility index (Phi) is 22.6. The minimum Gasteiger partial charge on any atom is -0.508 e. The molecule has 9 atom stereocenters. The van der Waals surface area contributed by atoms with Crippen LogP contribution in [0.5, 0.6) is 57.5 Å². The Morgan fingerprint density at radius 1 is 0.463 bits per heavy atom. The molecule has 1 saturated heterocycles. The van der Waals surface area contributed by atoms with E-state index >= 15 is 0 Å². The Labute approximate surface area is 457 Å². The van der Waals surface area contributed by atoms with Crippen molar-refractivity contribution in [3.05, 3.63) is 82.4 Å². The quantitative estimate of drug-likeness (QED) is 0.0588. The number of rotatable bonds is 4. The summed E-state index contributed by atoms with van der Waals surface area (Å²) in [5.41, 5.74) is -17.5. The maximum absolute atomic E-state index is 12.9. The van der Waals surface area contributed by atoms with Gasteiger partial charge in [-0.1, -0.05) is 12.1 Å². The largest absolute Gasteiger partial charge is 0.522 e. The Morgan fingerprint density at radius 3 is 1.18 bits per heavy atom. The van der Waals surface area contributed by atoms with Crippen LogP contribution < -0.4 is 9.47 Å². The fourth-order valence-electron chi connectivity index (χ4n) is 6.43. The molecule has 445 valence electrons. The van der Waals surface area contributed by atoms with Gasteiger partial charge < -0.3 is 85.7 Å². The first-order valence-corrected chi connectivity index (χ1v) is 24.4. The number of phenols is 8. The van der Waals surface area contributed by atoms with Crippen LogP contribution in [0.4, 0.5) is 39.5 Å². The van der Waals surface area contributed by atoms with Crippen molar-refractivity contribution in [1.82, 2.24) is 0 Å². The molecule has 0 bridgehead atoms. The fraction of sp³-hybridized carbons (Fsp3) is 0.333. The van der Waals surface area contributed by atoms with E-state index < -0.39 is 166 Å². The number of Topliss-reactive ketones (excluding diaryl/α,β-unsaturated/α-hetero) is 2. The summed E-state index contributed by atoms with van der Waals surface area (Å²) in [6.07, 6.45) is -14.3. The molecule has 1 radical (unpaired) electrons. The third kappa shape index (κ3) is 16.3. The first-order chi connectivity index (χ1) is 35.7. The summed E-state index contributed by atoms with van der Waals surface area (Å²) in [6.45, 7) is -0.754. The summed E-state index contributed by atoms with van der Waals surface area (Å²) in [5.74, 6) is -6.32. The number of halogens is 9. The molecule has 0 spiro atoms. The molecule has 4 aromatic rings. The van der Waals surface area contributed by atoms with Crippen molar-refractivity contribution in [3.63, 3.8) is 0 Å². The average Bonchev–Trinajstić information content (AvgIpc) is 3.29. The normalized spacial score (nSPS) is 22.9. The SMILES string of the molecule is O=C1c2c(O)cc(O)cc2O[C@@H](c2ccc(O)c(O)c2)[C@@H]1O.O=C1c2c(cc(O)c(C3OC(CO)C(O)C(O)C3O)c2O)O[C@@H](c2ccc(O)c(O)c2)[C@@H]1O.O=S(=O)(O)C(F)(F)F.O=S(=O)(O)C(F)(F)F.O=S(=O)(O)C(F)(F)F.[Sc]. The summed E-state index contributed by atoms with van der Waals surface area (Å²) >= 11 is 0. The molecule has 3 heterocycles. The van der Waals surface area contributed by atoms with E-state index in [1.807, 2.05) is 0 Å². The Bertz CT molecular complexity index is 3150. The van der Waals surface area contributed by atoms with Gasteiger partial charge in [0.05, 0.1) is 12.2 Å². The standard InChI is InChI=1S/C21H22O12.C15H12O7.3CHF3O3S.Sc/c22-5-11-14(26)17(29)19(31)21(33-11)12-9(25)4-10-13(15(12)27)16(28)18(30)20(32-10)6-1-2-7(23)8(24)3-6;16-7-4-10(19)12-11(5-7)22-15(14(21)13(12)20)6-1-2-8(17)9(18)3-6;3*2-1(3,4)8(5,6)7;/h1-4,11,14,17-27,29-31H,5H2;1-5,14-19,21H;3*(H,5,6,7);/t11?,14?,17?,18-,19?,20+,21?;14-,15+;;;;/m11..../s1. The molecule has 3 aliphatic heterocycles. The van der Waals surface area contributed by atoms with Gasteiger partial charge in [0.25, 0.3) is 0 Å². The number of aromatic hydroxyl groups is 8. The second-order valence-electron chi connectivity index (χ2n) is 15.6. The van der Waals surface area contributed by atoms with Crippen molar-refractivity contribution < 1.29 is 200 Å². The van der Waals surface area contributed by atoms with E-state index in [0.29, 0.717) is 0 Å². The van der Waals surface area contributed by atoms with Gasteiger partial charge in [0.2, 0.25) is 11.6 Å². The van der Waals surface area contributed by atoms with Crippen LogP contribution in [0, 0.1) is 0 Å². The molecule has 4 aromatic carbocycles. The van der Waals surface area contributed by atoms with Gasteiger partial charge in [0, 0.05) is 44.0 Å². The zero-order valence-electron chi connectivity index (χ0n) is 38.4. The van der Waals surface area contributed by atoms with Crippen LogP contribution in [-0.2, 0) is 60.9 Å². The molecule has 28 nitrogen and oxygen atoms in total. The van der Waals surface area contributed by atoms with Gasteiger partial charge >= 0.3 is 46.9 Å². The predicted molar refractivity (Wildman–Crippen MR) is 232 cm³/mol. The van der Waals surface area contributed by atoms with Crippen molar-refractivity contribution >= 4 is 41.9 Å². The average molecular weight is 1270 g/mol. The van der Waals surface area contributed by atoms with Crippen molar-refractivity contribution in [2.45, 2.75) is 71.5 Å². The number of carbonyl (C=O) groups excluding carboxylic acids is 2. The number of carbonyl (C=O) groups is 2. The number of aliphatic hydroxyl groups is 6. The van der Waals surface area contributed by atoms with E-state index in [4.69, 9.17) is 53.1 Å². The number of hydrogen-bond acceptors (Lipinski definition) is 25. The molecule has 80 heavy (non-hydrogen) atoms. The van der Waals surface area contributed by atoms with Crippen LogP contribution in [0.25, 0.3) is 0 Å². The third-order valence-electron chi connectivity index (χ3n) is 10.2. The fourth-order valence-corrected chi connectivity index (χ4v) is 6.43. The molecule has 3 aliphatic rings. The van der Waals surface area contributed by atoms with Crippen LogP contribution >= 0.6 is 0 Å². The van der Waals surface area contributed by atoms with Gasteiger partial charge in [-0.2, -0.15) is 64.8 Å². The molecule has 41 heteroatoms. The van der Waals surface area contributed by atoms with E-state index in [0.717, 1.165) is 36.4 Å². The number of hydrogen-bond donors (Lipinski definition) is 17. The zero-order chi connectivity index (χ0) is 61.2. The van der Waals surface area contributed by atoms with Crippen LogP contribution in [0.15, 0.2) is 54.6 Å². The number of ether oxygens (including phenoxy) is 3. The maximum atomic E-state index is 12.9. The van der Waals surface area contributed by atoms with Crippen LogP contribution in [0.1, 0.15) is 55.7 Å². The molecular formula is C39H37F9O28S3Sc. The topological polar surface area (TPSA) is 508 Å². The molecule has 0 aromatic heterocycles. The maximum Gasteiger partial charge on any atom is 0.522 e. The third-order valence-corrected chi connectivity index (χ3v) is 11.9. The van der Waals surface area contributed by atoms with Gasteiger partial charge in [-0.3, -0.25) is 23.2 Å². The number of fused-ring (bicyclic) bond motifs is 2. The van der Waals surface area contributed by atoms with Crippen molar-refractivity contribution in [2.75, 3.05) is 6.61 Å². The summed E-state index contributed by atoms with van der Waals surface area (Å²) in [6, 6.07) is 10.3. The molecule has 1 fully saturated rings. The van der Waals surface area contributed by atoms with Crippen LogP contribution in [0.2, 0.25) is 0 Å². The molecule has 17 N–H and O–H groups in total. The Balaban J connectivity index is 0.000000397. The number of ketones is 2. The van der Waals surface area contributed by atoms with Crippen molar-refractivity contribution in [1.29, 1.82) is 0 Å². The smallest absolute Gasteiger partial charge is 0.508 e. The van der Waals surface area contributed by atoms with Crippen LogP contribution in [-0.4, -0.2) is 182 Å². The van der Waals surface area contributed by atoms with Crippen molar-refractivity contribution in [3.8, 4) is 57.5 Å². The molecule has 7 rings (SSSR count). The number of aliphatic hydroxyl groups excluding tert-OH is 6. The molecule has 0 aliphatic carbocycles. The second kappa shape index (κ2) is 25.8. The summed E-state index contributed by atoms with van der Waals surface area (Å²) in [4.78, 5) is 25.1. The van der Waals surface area contributed by atoms with Gasteiger partial charge in [0.1, 0.15) is 76.1 Å². The van der Waals surface area contributed by atoms with E-state index in [9.17, 15) is 121 Å². The molecular weight excluding hydrogens is 1230 g/mol. The van der Waals surface area contributed by atoms with E-state index in [1.54, 1.807) is 0 Å². The summed E-state index contributed by atoms with van der Waals surface area (Å²) in [7, 11) is -17.5. The predicted octanol–water partition coefficient (Wildman–Crippen LogP) is 1.07. The first-order valence-electron chi connectivity index (χ1n) is 20.1. The van der Waals surface area contributed by atoms with E-state index in [2.05, 4.69) is 0 Å². The van der Waals surface area contributed by atoms with E-state index in [-0.39, 0.29) is 65.5 Å². The Morgan fingerprint density at radius 2 is 0.825 bits per heavy atom. The van der Waals surface area contributed by atoms with Crippen molar-refractivity contribution in [2.24, 2.45) is 0 Å². The Hall–Kier alpha value is -6.09. The molecule has 0 saturated carbocycles. The number of alkyl halides is 9. The summed E-state index contributed by atoms with van der Waals surface area (Å²) < 4.78 is 189. The number of phenolic OH excluding ortho intramolecular Hbond substituents is 8. The first kappa shape index (κ1) is 70.0. The summed E-state index contributed by atoms with van der Waals surface area (Å²) in [5, 5.41) is 139. The van der Waals surface area contributed by atoms with E-state index in [1.165, 1.54) is 18.2 Å². The minimum atomic E-state index is -5.84. The monoisotopic (exact) mass is 1270 g/mol. The van der Waals surface area contributed by atoms with Gasteiger partial charge in [-0.25, -0.2) is 0 Å². The molecule has 5 unspecified atom stereocenters. The van der Waals surface area contributed by atoms with Crippen LogP contribution in [0.3, 0.4) is 0 Å². The number of benzene rings is 4. The minimum absolute atomic E-state index is 0. The van der Waals surface area contributed by atoms with Gasteiger partial charge in [-0.05, 0) is 35.4 Å². The van der Waals surface area contributed by atoms with Gasteiger partial charge in [-0.15, -0.1) is 0 Å². The second-order valence-corrected chi connectivity index (χ2v) is 19.8.